The molecule has 0 radical (unpaired) electrons. The number of methoxy groups -OCH3 is 2. The third-order valence-corrected chi connectivity index (χ3v) is 5.70. The fourth-order valence-electron chi connectivity index (χ4n) is 2.94. The zero-order chi connectivity index (χ0) is 27.3. The highest BCUT2D eigenvalue weighted by Gasteiger charge is 2.12. The van der Waals surface area contributed by atoms with Gasteiger partial charge in [-0.1, -0.05) is 39.8 Å². The maximum atomic E-state index is 11.9. The fraction of sp³-hybridized carbons (Fsp3) is 0.250. The average molecular weight is 515 g/mol. The number of benzene rings is 3. The Balaban J connectivity index is 0.00000154. The predicted molar refractivity (Wildman–Crippen MR) is 144 cm³/mol. The van der Waals surface area contributed by atoms with Gasteiger partial charge in [0.2, 0.25) is 0 Å². The van der Waals surface area contributed by atoms with E-state index in [4.69, 9.17) is 14.2 Å². The molecule has 3 rings (SSSR count). The van der Waals surface area contributed by atoms with Gasteiger partial charge in [0, 0.05) is 12.3 Å². The zero-order valence-corrected chi connectivity index (χ0v) is 22.5. The Morgan fingerprint density at radius 3 is 1.58 bits per heavy atom. The number of carboxylic acids is 1. The molecule has 0 bridgehead atoms. The summed E-state index contributed by atoms with van der Waals surface area (Å²) in [5.74, 6) is 0.949. The first-order valence-corrected chi connectivity index (χ1v) is 13.3. The summed E-state index contributed by atoms with van der Waals surface area (Å²) in [7, 11) is -0.240. The molecule has 0 aliphatic heterocycles. The third kappa shape index (κ3) is 8.78. The van der Waals surface area contributed by atoms with E-state index in [2.05, 4.69) is 0 Å². The Bertz CT molecular complexity index is 1220. The van der Waals surface area contributed by atoms with E-state index in [1.54, 1.807) is 54.6 Å². The molecule has 0 aliphatic carbocycles. The van der Waals surface area contributed by atoms with Crippen LogP contribution in [0.2, 0.25) is 0 Å². The quantitative estimate of drug-likeness (QED) is 0.268. The monoisotopic (exact) mass is 514 g/mol. The number of carboxylic acid groups (broad SMARTS) is 1. The summed E-state index contributed by atoms with van der Waals surface area (Å²) < 4.78 is 39.3. The Morgan fingerprint density at radius 2 is 1.19 bits per heavy atom. The van der Waals surface area contributed by atoms with Crippen LogP contribution in [0.1, 0.15) is 38.8 Å². The van der Waals surface area contributed by atoms with Gasteiger partial charge >= 0.3 is 5.97 Å². The molecule has 3 aromatic rings. The molecule has 194 valence electrons. The second kappa shape index (κ2) is 14.6. The number of carbonyl (C=O) groups is 1. The summed E-state index contributed by atoms with van der Waals surface area (Å²) in [5.41, 5.74) is 1.19. The first-order chi connectivity index (χ1) is 17.2. The van der Waals surface area contributed by atoms with Crippen molar-refractivity contribution in [1.82, 2.24) is 0 Å². The Hall–Kier alpha value is -3.78. The number of aliphatic carboxylic acids is 1. The highest BCUT2D eigenvalue weighted by molar-refractivity contribution is 7.90. The first-order valence-electron chi connectivity index (χ1n) is 11.5. The maximum Gasteiger partial charge on any atom is 0.336 e. The molecule has 36 heavy (non-hydrogen) atoms. The Morgan fingerprint density at radius 1 is 0.750 bits per heavy atom. The minimum Gasteiger partial charge on any atom is -0.497 e. The van der Waals surface area contributed by atoms with E-state index >= 15 is 0 Å². The van der Waals surface area contributed by atoms with Crippen molar-refractivity contribution in [2.45, 2.75) is 32.6 Å². The van der Waals surface area contributed by atoms with Crippen molar-refractivity contribution in [3.63, 3.8) is 0 Å². The third-order valence-electron chi connectivity index (χ3n) is 4.57. The molecule has 0 heterocycles. The average Bonchev–Trinajstić information content (AvgIpc) is 2.89. The first kappa shape index (κ1) is 30.3. The van der Waals surface area contributed by atoms with Crippen LogP contribution in [-0.4, -0.2) is 40.0 Å². The predicted octanol–water partition coefficient (Wildman–Crippen LogP) is 6.58. The SMILES string of the molecule is CC.CC.COc1cc(/C=C(/C(=O)O)c2ccc(Oc3ccc(S(C)(=O)=O)cc3)cc2)cc(OC)c1. The number of hydrogen-bond acceptors (Lipinski definition) is 6. The molecule has 0 fully saturated rings. The van der Waals surface area contributed by atoms with Crippen molar-refractivity contribution < 1.29 is 32.5 Å². The minimum absolute atomic E-state index is 0.0874. The van der Waals surface area contributed by atoms with E-state index in [0.29, 0.717) is 34.1 Å². The lowest BCUT2D eigenvalue weighted by Gasteiger charge is -2.09. The number of ether oxygens (including phenoxy) is 3. The molecule has 0 atom stereocenters. The molecular formula is C28H34O7S. The van der Waals surface area contributed by atoms with Crippen LogP contribution in [0, 0.1) is 0 Å². The van der Waals surface area contributed by atoms with Crippen molar-refractivity contribution >= 4 is 27.5 Å². The van der Waals surface area contributed by atoms with Crippen LogP contribution in [0.25, 0.3) is 11.6 Å². The van der Waals surface area contributed by atoms with Crippen molar-refractivity contribution in [3.05, 3.63) is 77.9 Å². The van der Waals surface area contributed by atoms with Gasteiger partial charge in [-0.15, -0.1) is 0 Å². The molecule has 7 nitrogen and oxygen atoms in total. The van der Waals surface area contributed by atoms with Gasteiger partial charge in [0.25, 0.3) is 0 Å². The molecule has 0 saturated carbocycles. The standard InChI is InChI=1S/C24H22O7S.2C2H6/c1-29-20-12-16(13-21(15-20)30-2)14-23(24(25)26)17-4-6-18(7-5-17)31-19-8-10-22(11-9-19)32(3,27)28;2*1-2/h4-15H,1-3H3,(H,25,26);2*1-2H3/b23-14+;;. The van der Waals surface area contributed by atoms with Gasteiger partial charge in [-0.2, -0.15) is 0 Å². The molecule has 0 aromatic heterocycles. The van der Waals surface area contributed by atoms with E-state index in [1.165, 1.54) is 32.4 Å². The number of rotatable bonds is 8. The largest absolute Gasteiger partial charge is 0.497 e. The van der Waals surface area contributed by atoms with Gasteiger partial charge in [0.1, 0.15) is 23.0 Å². The van der Waals surface area contributed by atoms with Crippen LogP contribution in [0.15, 0.2) is 71.6 Å². The minimum atomic E-state index is -3.28. The summed E-state index contributed by atoms with van der Waals surface area (Å²) >= 11 is 0. The van der Waals surface area contributed by atoms with Crippen molar-refractivity contribution in [3.8, 4) is 23.0 Å². The summed E-state index contributed by atoms with van der Waals surface area (Å²) in [5, 5.41) is 9.73. The van der Waals surface area contributed by atoms with Crippen LogP contribution < -0.4 is 14.2 Å². The number of hydrogen-bond donors (Lipinski definition) is 1. The van der Waals surface area contributed by atoms with E-state index in [1.807, 2.05) is 27.7 Å². The lowest BCUT2D eigenvalue weighted by molar-refractivity contribution is -0.130. The normalized spacial score (nSPS) is 10.7. The molecule has 0 aliphatic rings. The lowest BCUT2D eigenvalue weighted by Crippen LogP contribution is -2.00. The van der Waals surface area contributed by atoms with E-state index < -0.39 is 15.8 Å². The molecule has 3 aromatic carbocycles. The summed E-state index contributed by atoms with van der Waals surface area (Å²) in [6, 6.07) is 17.7. The highest BCUT2D eigenvalue weighted by Crippen LogP contribution is 2.28. The topological polar surface area (TPSA) is 99.1 Å². The van der Waals surface area contributed by atoms with Crippen LogP contribution in [0.3, 0.4) is 0 Å². The molecule has 1 N–H and O–H groups in total. The Kier molecular flexibility index (Phi) is 12.3. The smallest absolute Gasteiger partial charge is 0.336 e. The highest BCUT2D eigenvalue weighted by atomic mass is 32.2. The maximum absolute atomic E-state index is 11.9. The Labute approximate surface area is 213 Å². The molecule has 0 amide bonds. The van der Waals surface area contributed by atoms with Gasteiger partial charge in [-0.3, -0.25) is 0 Å². The fourth-order valence-corrected chi connectivity index (χ4v) is 3.57. The molecule has 0 unspecified atom stereocenters. The number of sulfone groups is 1. The summed E-state index contributed by atoms with van der Waals surface area (Å²) in [6.45, 7) is 8.00. The second-order valence-electron chi connectivity index (χ2n) is 6.88. The van der Waals surface area contributed by atoms with Crippen molar-refractivity contribution in [1.29, 1.82) is 0 Å². The van der Waals surface area contributed by atoms with Gasteiger partial charge in [0.05, 0.1) is 24.7 Å². The van der Waals surface area contributed by atoms with E-state index in [9.17, 15) is 18.3 Å². The molecule has 0 saturated heterocycles. The molecule has 8 heteroatoms. The second-order valence-corrected chi connectivity index (χ2v) is 8.89. The van der Waals surface area contributed by atoms with Gasteiger partial charge in [-0.05, 0) is 65.7 Å². The summed E-state index contributed by atoms with van der Waals surface area (Å²) in [6.07, 6.45) is 2.67. The van der Waals surface area contributed by atoms with Gasteiger partial charge in [-0.25, -0.2) is 13.2 Å². The van der Waals surface area contributed by atoms with Crippen molar-refractivity contribution in [2.24, 2.45) is 0 Å². The van der Waals surface area contributed by atoms with Gasteiger partial charge in [0.15, 0.2) is 9.84 Å². The van der Waals surface area contributed by atoms with Crippen LogP contribution in [0.4, 0.5) is 0 Å². The molecule has 0 spiro atoms. The van der Waals surface area contributed by atoms with Crippen LogP contribution in [0.5, 0.6) is 23.0 Å². The van der Waals surface area contributed by atoms with E-state index in [0.717, 1.165) is 6.26 Å². The van der Waals surface area contributed by atoms with E-state index in [-0.39, 0.29) is 10.5 Å². The van der Waals surface area contributed by atoms with Gasteiger partial charge < -0.3 is 19.3 Å². The lowest BCUT2D eigenvalue weighted by atomic mass is 10.0. The summed E-state index contributed by atoms with van der Waals surface area (Å²) in [4.78, 5) is 12.1. The zero-order valence-electron chi connectivity index (χ0n) is 21.7. The van der Waals surface area contributed by atoms with Crippen LogP contribution in [-0.2, 0) is 14.6 Å². The van der Waals surface area contributed by atoms with Crippen LogP contribution >= 0.6 is 0 Å². The molecular weight excluding hydrogens is 480 g/mol. The van der Waals surface area contributed by atoms with Crippen molar-refractivity contribution in [2.75, 3.05) is 20.5 Å².